The van der Waals surface area contributed by atoms with Gasteiger partial charge in [0.15, 0.2) is 9.04 Å². The highest BCUT2D eigenvalue weighted by Gasteiger charge is 1.95. The quantitative estimate of drug-likeness (QED) is 0.444. The van der Waals surface area contributed by atoms with Crippen LogP contribution in [0.25, 0.3) is 0 Å². The van der Waals surface area contributed by atoms with Crippen molar-refractivity contribution in [2.75, 3.05) is 13.2 Å². The molecule has 0 radical (unpaired) electrons. The lowest BCUT2D eigenvalue weighted by molar-refractivity contribution is 0.160. The molecule has 3 heteroatoms. The molecule has 0 saturated carbocycles. The summed E-state index contributed by atoms with van der Waals surface area (Å²) in [5, 5.41) is 0. The SMILES string of the molecule is CCOCC[SiH](C)O. The van der Waals surface area contributed by atoms with Crippen LogP contribution in [0.1, 0.15) is 6.92 Å². The Hall–Kier alpha value is 0.137. The minimum atomic E-state index is -1.33. The van der Waals surface area contributed by atoms with Crippen molar-refractivity contribution in [2.24, 2.45) is 0 Å². The Balaban J connectivity index is 2.72. The first-order valence-electron chi connectivity index (χ1n) is 3.03. The van der Waals surface area contributed by atoms with Gasteiger partial charge in [0.2, 0.25) is 0 Å². The Kier molecular flexibility index (Phi) is 5.37. The van der Waals surface area contributed by atoms with E-state index in [0.717, 1.165) is 19.3 Å². The average Bonchev–Trinajstić information content (AvgIpc) is 1.66. The van der Waals surface area contributed by atoms with Gasteiger partial charge < -0.3 is 9.53 Å². The summed E-state index contributed by atoms with van der Waals surface area (Å²) in [7, 11) is -1.33. The smallest absolute Gasteiger partial charge is 0.171 e. The van der Waals surface area contributed by atoms with Crippen LogP contribution in [-0.2, 0) is 4.74 Å². The molecule has 0 saturated heterocycles. The van der Waals surface area contributed by atoms with Crippen molar-refractivity contribution in [2.45, 2.75) is 19.5 Å². The molecule has 0 aromatic heterocycles. The Morgan fingerprint density at radius 3 is 2.62 bits per heavy atom. The van der Waals surface area contributed by atoms with Crippen molar-refractivity contribution in [1.29, 1.82) is 0 Å². The Morgan fingerprint density at radius 1 is 1.62 bits per heavy atom. The molecule has 0 heterocycles. The van der Waals surface area contributed by atoms with Crippen molar-refractivity contribution >= 4 is 9.04 Å². The predicted octanol–water partition coefficient (Wildman–Crippen LogP) is 0.369. The molecule has 0 rings (SSSR count). The van der Waals surface area contributed by atoms with Crippen LogP contribution in [-0.4, -0.2) is 27.0 Å². The van der Waals surface area contributed by atoms with Crippen LogP contribution in [0.2, 0.25) is 12.6 Å². The van der Waals surface area contributed by atoms with E-state index in [1.54, 1.807) is 0 Å². The van der Waals surface area contributed by atoms with E-state index in [4.69, 9.17) is 9.53 Å². The molecule has 0 aliphatic heterocycles. The second kappa shape index (κ2) is 5.28. The summed E-state index contributed by atoms with van der Waals surface area (Å²) < 4.78 is 5.02. The standard InChI is InChI=1S/C5H14O2Si/c1-3-7-4-5-8(2)6/h6,8H,3-5H2,1-2H3. The van der Waals surface area contributed by atoms with Gasteiger partial charge in [-0.15, -0.1) is 0 Å². The zero-order valence-electron chi connectivity index (χ0n) is 5.55. The summed E-state index contributed by atoms with van der Waals surface area (Å²) in [6.45, 7) is 5.37. The highest BCUT2D eigenvalue weighted by atomic mass is 28.3. The highest BCUT2D eigenvalue weighted by Crippen LogP contribution is 1.86. The lowest BCUT2D eigenvalue weighted by atomic mass is 10.8. The second-order valence-electron chi connectivity index (χ2n) is 1.83. The van der Waals surface area contributed by atoms with E-state index in [1.165, 1.54) is 0 Å². The molecule has 0 aliphatic rings. The second-order valence-corrected chi connectivity index (χ2v) is 4.11. The van der Waals surface area contributed by atoms with Gasteiger partial charge in [0.25, 0.3) is 0 Å². The van der Waals surface area contributed by atoms with Gasteiger partial charge in [-0.25, -0.2) is 0 Å². The molecule has 2 nitrogen and oxygen atoms in total. The Bertz CT molecular complexity index is 47.7. The summed E-state index contributed by atoms with van der Waals surface area (Å²) >= 11 is 0. The van der Waals surface area contributed by atoms with Crippen LogP contribution in [0.15, 0.2) is 0 Å². The van der Waals surface area contributed by atoms with Crippen LogP contribution < -0.4 is 0 Å². The predicted molar refractivity (Wildman–Crippen MR) is 36.5 cm³/mol. The number of hydrogen-bond acceptors (Lipinski definition) is 2. The van der Waals surface area contributed by atoms with Crippen molar-refractivity contribution in [3.8, 4) is 0 Å². The molecule has 0 spiro atoms. The van der Waals surface area contributed by atoms with E-state index >= 15 is 0 Å². The third-order valence-electron chi connectivity index (χ3n) is 0.884. The van der Waals surface area contributed by atoms with E-state index in [2.05, 4.69) is 0 Å². The van der Waals surface area contributed by atoms with E-state index in [-0.39, 0.29) is 0 Å². The Labute approximate surface area is 52.2 Å². The minimum absolute atomic E-state index is 0.736. The van der Waals surface area contributed by atoms with Gasteiger partial charge in [0.1, 0.15) is 0 Å². The fraction of sp³-hybridized carbons (Fsp3) is 1.00. The topological polar surface area (TPSA) is 29.5 Å². The molecule has 1 N–H and O–H groups in total. The van der Waals surface area contributed by atoms with Gasteiger partial charge >= 0.3 is 0 Å². The average molecular weight is 134 g/mol. The minimum Gasteiger partial charge on any atom is -0.435 e. The molecule has 1 atom stereocenters. The van der Waals surface area contributed by atoms with Gasteiger partial charge in [0, 0.05) is 13.2 Å². The van der Waals surface area contributed by atoms with Gasteiger partial charge in [-0.1, -0.05) is 0 Å². The molecule has 8 heavy (non-hydrogen) atoms. The lowest BCUT2D eigenvalue weighted by Crippen LogP contribution is -2.08. The Morgan fingerprint density at radius 2 is 2.25 bits per heavy atom. The zero-order valence-corrected chi connectivity index (χ0v) is 6.71. The molecule has 0 amide bonds. The third kappa shape index (κ3) is 6.14. The number of ether oxygens (including phenoxy) is 1. The summed E-state index contributed by atoms with van der Waals surface area (Å²) in [5.74, 6) is 0. The molecule has 0 fully saturated rings. The van der Waals surface area contributed by atoms with Crippen LogP contribution in [0, 0.1) is 0 Å². The highest BCUT2D eigenvalue weighted by molar-refractivity contribution is 6.48. The monoisotopic (exact) mass is 134 g/mol. The fourth-order valence-corrected chi connectivity index (χ4v) is 0.906. The van der Waals surface area contributed by atoms with Crippen molar-refractivity contribution in [1.82, 2.24) is 0 Å². The fourth-order valence-electron chi connectivity index (χ4n) is 0.398. The van der Waals surface area contributed by atoms with Crippen molar-refractivity contribution in [3.05, 3.63) is 0 Å². The number of hydrogen-bond donors (Lipinski definition) is 1. The molecule has 0 bridgehead atoms. The lowest BCUT2D eigenvalue weighted by Gasteiger charge is -2.00. The normalized spacial score (nSPS) is 13.9. The summed E-state index contributed by atoms with van der Waals surface area (Å²) in [4.78, 5) is 8.84. The first-order chi connectivity index (χ1) is 3.77. The third-order valence-corrected chi connectivity index (χ3v) is 1.96. The van der Waals surface area contributed by atoms with Crippen molar-refractivity contribution < 1.29 is 9.53 Å². The first kappa shape index (κ1) is 8.14. The molecular formula is C5H14O2Si. The van der Waals surface area contributed by atoms with Crippen molar-refractivity contribution in [3.63, 3.8) is 0 Å². The zero-order chi connectivity index (χ0) is 6.41. The molecule has 0 aromatic carbocycles. The van der Waals surface area contributed by atoms with E-state index < -0.39 is 9.04 Å². The van der Waals surface area contributed by atoms with E-state index in [1.807, 2.05) is 13.5 Å². The largest absolute Gasteiger partial charge is 0.435 e. The van der Waals surface area contributed by atoms with E-state index in [9.17, 15) is 0 Å². The van der Waals surface area contributed by atoms with Gasteiger partial charge in [-0.3, -0.25) is 0 Å². The molecule has 1 unspecified atom stereocenters. The molecular weight excluding hydrogens is 120 g/mol. The van der Waals surface area contributed by atoms with Crippen LogP contribution in [0.3, 0.4) is 0 Å². The van der Waals surface area contributed by atoms with E-state index in [0.29, 0.717) is 0 Å². The van der Waals surface area contributed by atoms with Crippen LogP contribution >= 0.6 is 0 Å². The summed E-state index contributed by atoms with van der Waals surface area (Å²) in [6, 6.07) is 0.883. The molecule has 0 aliphatic carbocycles. The van der Waals surface area contributed by atoms with Gasteiger partial charge in [-0.05, 0) is 19.5 Å². The maximum Gasteiger partial charge on any atom is 0.171 e. The number of rotatable bonds is 4. The first-order valence-corrected chi connectivity index (χ1v) is 5.52. The van der Waals surface area contributed by atoms with Crippen LogP contribution in [0.4, 0.5) is 0 Å². The maximum absolute atomic E-state index is 8.84. The van der Waals surface area contributed by atoms with Gasteiger partial charge in [-0.2, -0.15) is 0 Å². The summed E-state index contributed by atoms with van der Waals surface area (Å²) in [6.07, 6.45) is 0. The molecule has 0 aromatic rings. The molecule has 50 valence electrons. The van der Waals surface area contributed by atoms with Gasteiger partial charge in [0.05, 0.1) is 0 Å². The van der Waals surface area contributed by atoms with Crippen LogP contribution in [0.5, 0.6) is 0 Å². The maximum atomic E-state index is 8.84. The summed E-state index contributed by atoms with van der Waals surface area (Å²) in [5.41, 5.74) is 0.